The lowest BCUT2D eigenvalue weighted by Gasteiger charge is -2.11. The Morgan fingerprint density at radius 1 is 1.04 bits per heavy atom. The van der Waals surface area contributed by atoms with Crippen LogP contribution in [-0.2, 0) is 16.1 Å². The standard InChI is InChI=1S/C20H20N2O5/c1-14-7-6-8-15(2)18(14)26-12-11-25-17(23)13-22-20(24)27-19(21-22)16-9-4-3-5-10-16/h3-10H,11-13H2,1-2H3. The lowest BCUT2D eigenvalue weighted by molar-refractivity contribution is -0.145. The third kappa shape index (κ3) is 4.63. The molecular weight excluding hydrogens is 348 g/mol. The van der Waals surface area contributed by atoms with Gasteiger partial charge in [-0.2, -0.15) is 4.68 Å². The van der Waals surface area contributed by atoms with Gasteiger partial charge < -0.3 is 13.9 Å². The lowest BCUT2D eigenvalue weighted by Crippen LogP contribution is -2.24. The predicted molar refractivity (Wildman–Crippen MR) is 98.6 cm³/mol. The molecule has 0 amide bonds. The number of benzene rings is 2. The molecule has 3 rings (SSSR count). The highest BCUT2D eigenvalue weighted by atomic mass is 16.6. The second kappa shape index (κ2) is 8.35. The number of nitrogens with zero attached hydrogens (tertiary/aromatic N) is 2. The summed E-state index contributed by atoms with van der Waals surface area (Å²) in [5.74, 6) is -0.353. The second-order valence-electron chi connectivity index (χ2n) is 5.99. The molecule has 7 nitrogen and oxygen atoms in total. The van der Waals surface area contributed by atoms with Crippen LogP contribution in [0.15, 0.2) is 57.7 Å². The summed E-state index contributed by atoms with van der Waals surface area (Å²) in [6.07, 6.45) is 0. The van der Waals surface area contributed by atoms with Gasteiger partial charge in [0.05, 0.1) is 0 Å². The van der Waals surface area contributed by atoms with Crippen molar-refractivity contribution >= 4 is 5.97 Å². The molecule has 3 aromatic rings. The summed E-state index contributed by atoms with van der Waals surface area (Å²) < 4.78 is 16.8. The fourth-order valence-corrected chi connectivity index (χ4v) is 2.60. The van der Waals surface area contributed by atoms with E-state index in [0.29, 0.717) is 5.56 Å². The summed E-state index contributed by atoms with van der Waals surface area (Å²) in [5, 5.41) is 4.02. The van der Waals surface area contributed by atoms with E-state index in [9.17, 15) is 9.59 Å². The molecule has 7 heteroatoms. The Labute approximate surface area is 156 Å². The van der Waals surface area contributed by atoms with Crippen LogP contribution in [0.5, 0.6) is 5.75 Å². The van der Waals surface area contributed by atoms with Gasteiger partial charge in [-0.05, 0) is 37.1 Å². The van der Waals surface area contributed by atoms with Crippen molar-refractivity contribution in [2.45, 2.75) is 20.4 Å². The number of carbonyl (C=O) groups excluding carboxylic acids is 1. The monoisotopic (exact) mass is 368 g/mol. The van der Waals surface area contributed by atoms with E-state index in [1.807, 2.05) is 38.1 Å². The van der Waals surface area contributed by atoms with Crippen LogP contribution in [0.3, 0.4) is 0 Å². The summed E-state index contributed by atoms with van der Waals surface area (Å²) >= 11 is 0. The van der Waals surface area contributed by atoms with E-state index in [-0.39, 0.29) is 25.6 Å². The average molecular weight is 368 g/mol. The van der Waals surface area contributed by atoms with Gasteiger partial charge in [-0.3, -0.25) is 4.79 Å². The molecule has 1 aromatic heterocycles. The number of aryl methyl sites for hydroxylation is 2. The Bertz CT molecular complexity index is 955. The maximum atomic E-state index is 11.9. The Morgan fingerprint density at radius 3 is 2.44 bits per heavy atom. The number of carbonyl (C=O) groups is 1. The summed E-state index contributed by atoms with van der Waals surface area (Å²) in [4.78, 5) is 23.8. The van der Waals surface area contributed by atoms with Crippen molar-refractivity contribution in [2.75, 3.05) is 13.2 Å². The van der Waals surface area contributed by atoms with Crippen molar-refractivity contribution < 1.29 is 18.7 Å². The molecule has 0 atom stereocenters. The van der Waals surface area contributed by atoms with Crippen molar-refractivity contribution in [1.29, 1.82) is 0 Å². The first kappa shape index (κ1) is 18.4. The smallest absolute Gasteiger partial charge is 0.437 e. The molecule has 0 saturated heterocycles. The molecule has 0 unspecified atom stereocenters. The second-order valence-corrected chi connectivity index (χ2v) is 5.99. The minimum absolute atomic E-state index is 0.0742. The van der Waals surface area contributed by atoms with Crippen LogP contribution in [0.2, 0.25) is 0 Å². The first-order valence-electron chi connectivity index (χ1n) is 8.52. The molecule has 0 saturated carbocycles. The van der Waals surface area contributed by atoms with Gasteiger partial charge in [0.1, 0.15) is 25.5 Å². The molecule has 0 N–H and O–H groups in total. The number of para-hydroxylation sites is 1. The van der Waals surface area contributed by atoms with E-state index in [2.05, 4.69) is 5.10 Å². The Kier molecular flexibility index (Phi) is 5.71. The number of esters is 1. The number of ether oxygens (including phenoxy) is 2. The van der Waals surface area contributed by atoms with E-state index in [1.54, 1.807) is 24.3 Å². The molecule has 0 bridgehead atoms. The van der Waals surface area contributed by atoms with Crippen LogP contribution in [0.1, 0.15) is 11.1 Å². The van der Waals surface area contributed by atoms with Gasteiger partial charge in [-0.1, -0.05) is 36.4 Å². The maximum Gasteiger partial charge on any atom is 0.437 e. The van der Waals surface area contributed by atoms with Gasteiger partial charge in [-0.25, -0.2) is 4.79 Å². The maximum absolute atomic E-state index is 11.9. The van der Waals surface area contributed by atoms with Crippen LogP contribution in [0.4, 0.5) is 0 Å². The summed E-state index contributed by atoms with van der Waals surface area (Å²) in [7, 11) is 0. The van der Waals surface area contributed by atoms with Crippen molar-refractivity contribution in [2.24, 2.45) is 0 Å². The van der Waals surface area contributed by atoms with E-state index in [0.717, 1.165) is 21.6 Å². The summed E-state index contributed by atoms with van der Waals surface area (Å²) in [6.45, 7) is 3.88. The Hall–Kier alpha value is -3.35. The molecule has 27 heavy (non-hydrogen) atoms. The van der Waals surface area contributed by atoms with Gasteiger partial charge in [0, 0.05) is 5.56 Å². The van der Waals surface area contributed by atoms with Crippen LogP contribution in [-0.4, -0.2) is 29.0 Å². The van der Waals surface area contributed by atoms with Gasteiger partial charge in [0.25, 0.3) is 0 Å². The van der Waals surface area contributed by atoms with Crippen molar-refractivity contribution in [3.8, 4) is 17.2 Å². The highest BCUT2D eigenvalue weighted by Crippen LogP contribution is 2.22. The number of aromatic nitrogens is 2. The Morgan fingerprint density at radius 2 is 1.74 bits per heavy atom. The minimum atomic E-state index is -0.711. The third-order valence-electron chi connectivity index (χ3n) is 3.91. The van der Waals surface area contributed by atoms with E-state index in [1.165, 1.54) is 0 Å². The SMILES string of the molecule is Cc1cccc(C)c1OCCOC(=O)Cn1nc(-c2ccccc2)oc1=O. The quantitative estimate of drug-likeness (QED) is 0.471. The molecule has 0 aliphatic rings. The summed E-state index contributed by atoms with van der Waals surface area (Å²) in [5.41, 5.74) is 2.69. The van der Waals surface area contributed by atoms with Crippen molar-refractivity contribution in [3.05, 3.63) is 70.2 Å². The fraction of sp³-hybridized carbons (Fsp3) is 0.250. The molecule has 2 aromatic carbocycles. The normalized spacial score (nSPS) is 10.6. The highest BCUT2D eigenvalue weighted by Gasteiger charge is 2.14. The Balaban J connectivity index is 1.51. The lowest BCUT2D eigenvalue weighted by atomic mass is 10.1. The zero-order valence-electron chi connectivity index (χ0n) is 15.2. The highest BCUT2D eigenvalue weighted by molar-refractivity contribution is 5.69. The topological polar surface area (TPSA) is 83.6 Å². The van der Waals surface area contributed by atoms with Crippen molar-refractivity contribution in [1.82, 2.24) is 9.78 Å². The van der Waals surface area contributed by atoms with Crippen LogP contribution in [0, 0.1) is 13.8 Å². The van der Waals surface area contributed by atoms with Crippen LogP contribution in [0.25, 0.3) is 11.5 Å². The molecule has 0 aliphatic carbocycles. The first-order valence-corrected chi connectivity index (χ1v) is 8.52. The minimum Gasteiger partial charge on any atom is -0.489 e. The van der Waals surface area contributed by atoms with Gasteiger partial charge >= 0.3 is 11.7 Å². The molecule has 0 fully saturated rings. The third-order valence-corrected chi connectivity index (χ3v) is 3.91. The molecular formula is C20H20N2O5. The van der Waals surface area contributed by atoms with Gasteiger partial charge in [0.2, 0.25) is 5.89 Å². The average Bonchev–Trinajstić information content (AvgIpc) is 3.02. The van der Waals surface area contributed by atoms with Gasteiger partial charge in [-0.15, -0.1) is 5.10 Å². The first-order chi connectivity index (χ1) is 13.0. The number of hydrogen-bond acceptors (Lipinski definition) is 6. The molecule has 1 heterocycles. The van der Waals surface area contributed by atoms with Crippen molar-refractivity contribution in [3.63, 3.8) is 0 Å². The van der Waals surface area contributed by atoms with Crippen LogP contribution >= 0.6 is 0 Å². The molecule has 0 spiro atoms. The van der Waals surface area contributed by atoms with E-state index < -0.39 is 11.7 Å². The zero-order chi connectivity index (χ0) is 19.2. The largest absolute Gasteiger partial charge is 0.489 e. The predicted octanol–water partition coefficient (Wildman–Crippen LogP) is 2.74. The number of hydrogen-bond donors (Lipinski definition) is 0. The van der Waals surface area contributed by atoms with E-state index in [4.69, 9.17) is 13.9 Å². The van der Waals surface area contributed by atoms with E-state index >= 15 is 0 Å². The van der Waals surface area contributed by atoms with Crippen LogP contribution < -0.4 is 10.5 Å². The zero-order valence-corrected chi connectivity index (χ0v) is 15.2. The van der Waals surface area contributed by atoms with Gasteiger partial charge in [0.15, 0.2) is 0 Å². The fourth-order valence-electron chi connectivity index (χ4n) is 2.60. The summed E-state index contributed by atoms with van der Waals surface area (Å²) in [6, 6.07) is 14.8. The molecule has 0 radical (unpaired) electrons. The number of rotatable bonds is 7. The molecule has 0 aliphatic heterocycles. The molecule has 140 valence electrons.